The van der Waals surface area contributed by atoms with Crippen molar-refractivity contribution in [1.82, 2.24) is 0 Å². The van der Waals surface area contributed by atoms with Gasteiger partial charge in [0, 0.05) is 26.7 Å². The Morgan fingerprint density at radius 1 is 1.02 bits per heavy atom. The normalized spacial score (nSPS) is 14.0. The highest BCUT2D eigenvalue weighted by atomic mass is 35.5. The number of ether oxygens (including phenoxy) is 4. The van der Waals surface area contributed by atoms with Crippen molar-refractivity contribution >= 4 is 50.6 Å². The van der Waals surface area contributed by atoms with E-state index in [0.29, 0.717) is 44.3 Å². The lowest BCUT2D eigenvalue weighted by atomic mass is 9.83. The molecule has 0 spiro atoms. The molecule has 0 saturated heterocycles. The summed E-state index contributed by atoms with van der Waals surface area (Å²) < 4.78 is 24.0. The van der Waals surface area contributed by atoms with Gasteiger partial charge in [0.15, 0.2) is 11.5 Å². The number of carbonyl (C=O) groups is 1. The van der Waals surface area contributed by atoms with Crippen molar-refractivity contribution in [3.05, 3.63) is 128 Å². The zero-order valence-corrected chi connectivity index (χ0v) is 24.9. The van der Waals surface area contributed by atoms with E-state index in [-0.39, 0.29) is 17.2 Å². The van der Waals surface area contributed by atoms with Crippen LogP contribution in [0, 0.1) is 11.3 Å². The van der Waals surface area contributed by atoms with E-state index in [1.54, 1.807) is 49.6 Å². The van der Waals surface area contributed by atoms with Gasteiger partial charge >= 0.3 is 5.97 Å². The fraction of sp³-hybridized carbons (Fsp3) is 0.0909. The molecule has 1 aliphatic rings. The van der Waals surface area contributed by atoms with Gasteiger partial charge in [0.25, 0.3) is 0 Å². The van der Waals surface area contributed by atoms with Gasteiger partial charge in [0.2, 0.25) is 5.88 Å². The third-order valence-corrected chi connectivity index (χ3v) is 8.86. The molecule has 214 valence electrons. The molecule has 0 bridgehead atoms. The van der Waals surface area contributed by atoms with Gasteiger partial charge in [-0.2, -0.15) is 5.26 Å². The van der Waals surface area contributed by atoms with Gasteiger partial charge in [-0.3, -0.25) is 0 Å². The number of allylic oxidation sites excluding steroid dienone is 1. The fourth-order valence-corrected chi connectivity index (χ4v) is 6.38. The van der Waals surface area contributed by atoms with E-state index in [1.807, 2.05) is 42.5 Å². The highest BCUT2D eigenvalue weighted by molar-refractivity contribution is 7.21. The Kier molecular flexibility index (Phi) is 7.87. The number of hydrogen-bond acceptors (Lipinski definition) is 8. The van der Waals surface area contributed by atoms with Crippen LogP contribution in [0.3, 0.4) is 0 Å². The molecule has 1 atom stereocenters. The van der Waals surface area contributed by atoms with Gasteiger partial charge < -0.3 is 24.7 Å². The van der Waals surface area contributed by atoms with E-state index in [4.69, 9.17) is 47.9 Å². The first kappa shape index (κ1) is 28.4. The first-order valence-corrected chi connectivity index (χ1v) is 14.6. The first-order valence-electron chi connectivity index (χ1n) is 13.0. The molecule has 2 heterocycles. The summed E-state index contributed by atoms with van der Waals surface area (Å²) >= 11 is 13.7. The molecule has 43 heavy (non-hydrogen) atoms. The zero-order valence-electron chi connectivity index (χ0n) is 22.6. The Labute approximate surface area is 261 Å². The number of halogens is 2. The standard InChI is InChI=1S/C33H22Cl2N2O5S/c1-39-27-14-19(8-13-25(27)40-17-18-6-9-20(34)10-7-18)29-22-12-11-21(15-26(22)42-32(37)24(29)16-36)41-33(38)31-30(35)23-4-2-3-5-28(23)43-31/h2-15,29H,17,37H2,1H3. The SMILES string of the molecule is COc1cc(C2C(C#N)=C(N)Oc3cc(OC(=O)c4sc5ccccc5c4Cl)ccc32)ccc1OCc1ccc(Cl)cc1. The van der Waals surface area contributed by atoms with Crippen LogP contribution in [0.1, 0.15) is 32.3 Å². The minimum atomic E-state index is -0.585. The van der Waals surface area contributed by atoms with E-state index >= 15 is 0 Å². The van der Waals surface area contributed by atoms with E-state index in [1.165, 1.54) is 11.3 Å². The molecule has 0 saturated carbocycles. The summed E-state index contributed by atoms with van der Waals surface area (Å²) in [7, 11) is 1.55. The zero-order chi connectivity index (χ0) is 30.1. The number of hydrogen-bond donors (Lipinski definition) is 1. The smallest absolute Gasteiger partial charge is 0.355 e. The molecular formula is C33H22Cl2N2O5S. The van der Waals surface area contributed by atoms with E-state index in [2.05, 4.69) is 6.07 Å². The Bertz CT molecular complexity index is 1950. The Hall–Kier alpha value is -4.68. The topological polar surface area (TPSA) is 104 Å². The number of carbonyl (C=O) groups excluding carboxylic acids is 1. The molecule has 0 fully saturated rings. The minimum absolute atomic E-state index is 0.0435. The van der Waals surface area contributed by atoms with Crippen LogP contribution in [-0.2, 0) is 6.61 Å². The van der Waals surface area contributed by atoms with Gasteiger partial charge in [-0.05, 0) is 47.5 Å². The highest BCUT2D eigenvalue weighted by Crippen LogP contribution is 2.45. The second-order valence-corrected chi connectivity index (χ2v) is 11.4. The number of methoxy groups -OCH3 is 1. The Balaban J connectivity index is 1.28. The second kappa shape index (κ2) is 11.9. The highest BCUT2D eigenvalue weighted by Gasteiger charge is 2.32. The van der Waals surface area contributed by atoms with Crippen LogP contribution < -0.4 is 24.7 Å². The van der Waals surface area contributed by atoms with Crippen LogP contribution in [-0.4, -0.2) is 13.1 Å². The third-order valence-electron chi connectivity index (χ3n) is 6.95. The number of thiophene rings is 1. The fourth-order valence-electron chi connectivity index (χ4n) is 4.87. The van der Waals surface area contributed by atoms with Crippen molar-refractivity contribution in [3.63, 3.8) is 0 Å². The maximum atomic E-state index is 13.0. The Morgan fingerprint density at radius 2 is 1.81 bits per heavy atom. The summed E-state index contributed by atoms with van der Waals surface area (Å²) in [5, 5.41) is 11.8. The quantitative estimate of drug-likeness (QED) is 0.143. The van der Waals surface area contributed by atoms with Crippen molar-refractivity contribution in [2.24, 2.45) is 5.73 Å². The van der Waals surface area contributed by atoms with Crippen LogP contribution in [0.4, 0.5) is 0 Å². The molecule has 7 nitrogen and oxygen atoms in total. The van der Waals surface area contributed by atoms with Crippen LogP contribution in [0.15, 0.2) is 96.4 Å². The molecular weight excluding hydrogens is 607 g/mol. The van der Waals surface area contributed by atoms with Crippen molar-refractivity contribution in [1.29, 1.82) is 5.26 Å². The number of nitrogens with two attached hydrogens (primary N) is 1. The van der Waals surface area contributed by atoms with E-state index in [0.717, 1.165) is 21.2 Å². The van der Waals surface area contributed by atoms with Gasteiger partial charge in [0.1, 0.15) is 34.6 Å². The predicted molar refractivity (Wildman–Crippen MR) is 166 cm³/mol. The maximum absolute atomic E-state index is 13.0. The molecule has 1 aromatic heterocycles. The number of benzene rings is 4. The molecule has 10 heteroatoms. The van der Waals surface area contributed by atoms with Crippen molar-refractivity contribution < 1.29 is 23.7 Å². The summed E-state index contributed by atoms with van der Waals surface area (Å²) in [6.45, 7) is 0.317. The number of fused-ring (bicyclic) bond motifs is 2. The Morgan fingerprint density at radius 3 is 2.56 bits per heavy atom. The van der Waals surface area contributed by atoms with Crippen LogP contribution in [0.2, 0.25) is 10.0 Å². The monoisotopic (exact) mass is 628 g/mol. The van der Waals surface area contributed by atoms with Gasteiger partial charge in [0.05, 0.1) is 18.1 Å². The van der Waals surface area contributed by atoms with Gasteiger partial charge in [-0.1, -0.05) is 65.7 Å². The number of rotatable bonds is 7. The molecule has 4 aromatic carbocycles. The summed E-state index contributed by atoms with van der Waals surface area (Å²) in [6, 6.07) is 27.4. The number of esters is 1. The molecule has 2 N–H and O–H groups in total. The maximum Gasteiger partial charge on any atom is 0.355 e. The lowest BCUT2D eigenvalue weighted by molar-refractivity contribution is 0.0740. The molecule has 1 aliphatic heterocycles. The van der Waals surface area contributed by atoms with Crippen LogP contribution in [0.5, 0.6) is 23.0 Å². The lowest BCUT2D eigenvalue weighted by Crippen LogP contribution is -2.21. The molecule has 0 radical (unpaired) electrons. The average molecular weight is 630 g/mol. The summed E-state index contributed by atoms with van der Waals surface area (Å²) in [5.41, 5.74) is 8.80. The molecule has 0 amide bonds. The van der Waals surface area contributed by atoms with Crippen LogP contribution >= 0.6 is 34.5 Å². The van der Waals surface area contributed by atoms with Crippen molar-refractivity contribution in [3.8, 4) is 29.1 Å². The molecule has 0 aliphatic carbocycles. The van der Waals surface area contributed by atoms with E-state index < -0.39 is 11.9 Å². The van der Waals surface area contributed by atoms with Gasteiger partial charge in [-0.25, -0.2) is 4.79 Å². The minimum Gasteiger partial charge on any atom is -0.493 e. The summed E-state index contributed by atoms with van der Waals surface area (Å²) in [6.07, 6.45) is 0. The van der Waals surface area contributed by atoms with Crippen molar-refractivity contribution in [2.75, 3.05) is 7.11 Å². The molecule has 6 rings (SSSR count). The van der Waals surface area contributed by atoms with Gasteiger partial charge in [-0.15, -0.1) is 11.3 Å². The average Bonchev–Trinajstić information content (AvgIpc) is 3.36. The number of nitrogens with zero attached hydrogens (tertiary/aromatic N) is 1. The largest absolute Gasteiger partial charge is 0.493 e. The number of nitriles is 1. The molecule has 1 unspecified atom stereocenters. The summed E-state index contributed by atoms with van der Waals surface area (Å²) in [4.78, 5) is 13.3. The lowest BCUT2D eigenvalue weighted by Gasteiger charge is -2.27. The second-order valence-electron chi connectivity index (χ2n) is 9.58. The molecule has 5 aromatic rings. The van der Waals surface area contributed by atoms with Crippen LogP contribution in [0.25, 0.3) is 10.1 Å². The van der Waals surface area contributed by atoms with E-state index in [9.17, 15) is 10.1 Å². The first-order chi connectivity index (χ1) is 20.9. The van der Waals surface area contributed by atoms with Crippen molar-refractivity contribution in [2.45, 2.75) is 12.5 Å². The third kappa shape index (κ3) is 5.58. The summed E-state index contributed by atoms with van der Waals surface area (Å²) in [5.74, 6) is 0.433. The predicted octanol–water partition coefficient (Wildman–Crippen LogP) is 8.23.